The lowest BCUT2D eigenvalue weighted by atomic mass is 10.3. The molecule has 1 unspecified atom stereocenters. The molecule has 1 saturated heterocycles. The summed E-state index contributed by atoms with van der Waals surface area (Å²) in [6.07, 6.45) is 2.40. The molecule has 0 saturated carbocycles. The van der Waals surface area contributed by atoms with E-state index in [2.05, 4.69) is 10.3 Å². The van der Waals surface area contributed by atoms with Crippen molar-refractivity contribution < 1.29 is 8.42 Å². The average molecular weight is 218 g/mol. The molecule has 1 aliphatic rings. The van der Waals surface area contributed by atoms with Crippen molar-refractivity contribution in [3.63, 3.8) is 0 Å². The molecule has 1 aromatic heterocycles. The number of aromatic nitrogens is 1. The largest absolute Gasteiger partial charge is 0.358 e. The molecule has 1 aliphatic heterocycles. The van der Waals surface area contributed by atoms with E-state index in [1.807, 2.05) is 5.38 Å². The molecule has 2 rings (SSSR count). The first kappa shape index (κ1) is 8.96. The molecule has 1 N–H and O–H groups in total. The Morgan fingerprint density at radius 2 is 2.46 bits per heavy atom. The van der Waals surface area contributed by atoms with Crippen molar-refractivity contribution in [2.24, 2.45) is 0 Å². The number of thiazole rings is 1. The van der Waals surface area contributed by atoms with Gasteiger partial charge in [0.2, 0.25) is 0 Å². The van der Waals surface area contributed by atoms with Gasteiger partial charge in [-0.25, -0.2) is 13.4 Å². The van der Waals surface area contributed by atoms with Gasteiger partial charge in [-0.1, -0.05) is 0 Å². The highest BCUT2D eigenvalue weighted by Crippen LogP contribution is 2.18. The molecule has 72 valence electrons. The molecule has 1 atom stereocenters. The molecule has 0 amide bonds. The fourth-order valence-electron chi connectivity index (χ4n) is 1.38. The third-order valence-electron chi connectivity index (χ3n) is 1.99. The van der Waals surface area contributed by atoms with Crippen LogP contribution < -0.4 is 5.32 Å². The van der Waals surface area contributed by atoms with Crippen LogP contribution >= 0.6 is 11.3 Å². The lowest BCUT2D eigenvalue weighted by Gasteiger charge is -2.07. The predicted octanol–water partition coefficient (Wildman–Crippen LogP) is 0.742. The van der Waals surface area contributed by atoms with E-state index in [1.54, 1.807) is 6.20 Å². The molecule has 2 heterocycles. The molecule has 0 aliphatic carbocycles. The first-order chi connectivity index (χ1) is 6.16. The Balaban J connectivity index is 1.99. The first-order valence-electron chi connectivity index (χ1n) is 4.02. The van der Waals surface area contributed by atoms with Gasteiger partial charge in [0.25, 0.3) is 0 Å². The third kappa shape index (κ3) is 2.19. The Morgan fingerprint density at radius 1 is 1.62 bits per heavy atom. The average Bonchev–Trinajstić information content (AvgIpc) is 2.61. The van der Waals surface area contributed by atoms with Gasteiger partial charge < -0.3 is 5.32 Å². The molecule has 13 heavy (non-hydrogen) atoms. The minimum absolute atomic E-state index is 0.0520. The number of nitrogens with one attached hydrogen (secondary N) is 1. The van der Waals surface area contributed by atoms with Crippen LogP contribution in [-0.2, 0) is 9.84 Å². The van der Waals surface area contributed by atoms with Crippen molar-refractivity contribution in [2.75, 3.05) is 16.8 Å². The van der Waals surface area contributed by atoms with Gasteiger partial charge in [-0.05, 0) is 6.42 Å². The smallest absolute Gasteiger partial charge is 0.182 e. The maximum atomic E-state index is 11.1. The van der Waals surface area contributed by atoms with Crippen LogP contribution in [0.3, 0.4) is 0 Å². The van der Waals surface area contributed by atoms with Gasteiger partial charge in [0.1, 0.15) is 0 Å². The van der Waals surface area contributed by atoms with Crippen LogP contribution in [0, 0.1) is 0 Å². The van der Waals surface area contributed by atoms with Crippen LogP contribution in [0.15, 0.2) is 11.6 Å². The van der Waals surface area contributed by atoms with Crippen LogP contribution in [-0.4, -0.2) is 30.9 Å². The van der Waals surface area contributed by atoms with E-state index in [0.717, 1.165) is 5.13 Å². The first-order valence-corrected chi connectivity index (χ1v) is 6.72. The Morgan fingerprint density at radius 3 is 3.00 bits per heavy atom. The summed E-state index contributed by atoms with van der Waals surface area (Å²) >= 11 is 1.49. The van der Waals surface area contributed by atoms with Crippen molar-refractivity contribution in [1.82, 2.24) is 4.98 Å². The Labute approximate surface area is 80.9 Å². The van der Waals surface area contributed by atoms with Gasteiger partial charge in [-0.3, -0.25) is 0 Å². The van der Waals surface area contributed by atoms with E-state index in [0.29, 0.717) is 12.2 Å². The van der Waals surface area contributed by atoms with E-state index in [4.69, 9.17) is 0 Å². The maximum absolute atomic E-state index is 11.1. The number of rotatable bonds is 2. The highest BCUT2D eigenvalue weighted by atomic mass is 32.2. The molecule has 6 heteroatoms. The van der Waals surface area contributed by atoms with Gasteiger partial charge in [-0.15, -0.1) is 11.3 Å². The van der Waals surface area contributed by atoms with Crippen LogP contribution in [0.1, 0.15) is 6.42 Å². The summed E-state index contributed by atoms with van der Waals surface area (Å²) in [7, 11) is -2.78. The van der Waals surface area contributed by atoms with Crippen molar-refractivity contribution in [3.8, 4) is 0 Å². The van der Waals surface area contributed by atoms with Gasteiger partial charge in [-0.2, -0.15) is 0 Å². The zero-order valence-electron chi connectivity index (χ0n) is 6.93. The molecular formula is C7H10N2O2S2. The monoisotopic (exact) mass is 218 g/mol. The number of hydrogen-bond acceptors (Lipinski definition) is 5. The normalized spacial score (nSPS) is 26.0. The molecule has 4 nitrogen and oxygen atoms in total. The minimum atomic E-state index is -2.78. The van der Waals surface area contributed by atoms with Crippen molar-refractivity contribution in [1.29, 1.82) is 0 Å². The van der Waals surface area contributed by atoms with Crippen LogP contribution in [0.25, 0.3) is 0 Å². The molecule has 0 aromatic carbocycles. The van der Waals surface area contributed by atoms with Crippen molar-refractivity contribution in [3.05, 3.63) is 11.6 Å². The summed E-state index contributed by atoms with van der Waals surface area (Å²) in [4.78, 5) is 4.04. The lowest BCUT2D eigenvalue weighted by Crippen LogP contribution is -2.20. The van der Waals surface area contributed by atoms with Crippen LogP contribution in [0.4, 0.5) is 5.13 Å². The molecule has 0 spiro atoms. The fraction of sp³-hybridized carbons (Fsp3) is 0.571. The maximum Gasteiger partial charge on any atom is 0.182 e. The minimum Gasteiger partial charge on any atom is -0.358 e. The highest BCUT2D eigenvalue weighted by molar-refractivity contribution is 7.91. The zero-order valence-corrected chi connectivity index (χ0v) is 8.57. The van der Waals surface area contributed by atoms with Gasteiger partial charge in [0.15, 0.2) is 15.0 Å². The van der Waals surface area contributed by atoms with Crippen molar-refractivity contribution in [2.45, 2.75) is 12.5 Å². The van der Waals surface area contributed by atoms with Crippen LogP contribution in [0.5, 0.6) is 0 Å². The summed E-state index contributed by atoms with van der Waals surface area (Å²) in [6, 6.07) is 0.0520. The number of sulfone groups is 1. The second-order valence-corrected chi connectivity index (χ2v) is 6.20. The summed E-state index contributed by atoms with van der Waals surface area (Å²) in [6.45, 7) is 0. The van der Waals surface area contributed by atoms with Gasteiger partial charge in [0, 0.05) is 17.6 Å². The quantitative estimate of drug-likeness (QED) is 0.795. The second kappa shape index (κ2) is 3.26. The highest BCUT2D eigenvalue weighted by Gasteiger charge is 2.27. The lowest BCUT2D eigenvalue weighted by molar-refractivity contribution is 0.602. The SMILES string of the molecule is O=S1(=O)CCC(Nc2nccs2)C1. The summed E-state index contributed by atoms with van der Waals surface area (Å²) < 4.78 is 22.2. The summed E-state index contributed by atoms with van der Waals surface area (Å²) in [5.41, 5.74) is 0. The van der Waals surface area contributed by atoms with Gasteiger partial charge in [0.05, 0.1) is 11.5 Å². The van der Waals surface area contributed by atoms with E-state index in [9.17, 15) is 8.42 Å². The number of hydrogen-bond donors (Lipinski definition) is 1. The Hall–Kier alpha value is -0.620. The Kier molecular flexibility index (Phi) is 2.25. The third-order valence-corrected chi connectivity index (χ3v) is 4.46. The fourth-order valence-corrected chi connectivity index (χ4v) is 3.66. The summed E-state index contributed by atoms with van der Waals surface area (Å²) in [5.74, 6) is 0.544. The molecule has 0 radical (unpaired) electrons. The topological polar surface area (TPSA) is 59.1 Å². The number of nitrogens with zero attached hydrogens (tertiary/aromatic N) is 1. The molecular weight excluding hydrogens is 208 g/mol. The molecule has 1 fully saturated rings. The zero-order chi connectivity index (χ0) is 9.31. The summed E-state index contributed by atoms with van der Waals surface area (Å²) in [5, 5.41) is 5.78. The van der Waals surface area contributed by atoms with E-state index >= 15 is 0 Å². The van der Waals surface area contributed by atoms with Crippen LogP contribution in [0.2, 0.25) is 0 Å². The van der Waals surface area contributed by atoms with E-state index in [1.165, 1.54) is 11.3 Å². The molecule has 1 aromatic rings. The van der Waals surface area contributed by atoms with E-state index in [-0.39, 0.29) is 11.8 Å². The van der Waals surface area contributed by atoms with Crippen molar-refractivity contribution >= 4 is 26.3 Å². The van der Waals surface area contributed by atoms with E-state index < -0.39 is 9.84 Å². The predicted molar refractivity (Wildman–Crippen MR) is 52.8 cm³/mol. The molecule has 0 bridgehead atoms. The number of anilines is 1. The Bertz CT molecular complexity index is 371. The standard InChI is InChI=1S/C7H10N2O2S2/c10-13(11)4-1-6(5-13)9-7-8-2-3-12-7/h2-3,6H,1,4-5H2,(H,8,9). The second-order valence-electron chi connectivity index (χ2n) is 3.08. The van der Waals surface area contributed by atoms with Gasteiger partial charge >= 0.3 is 0 Å².